The molecule has 0 aliphatic heterocycles. The van der Waals surface area contributed by atoms with E-state index in [1.165, 1.54) is 0 Å². The maximum atomic E-state index is 13.7. The van der Waals surface area contributed by atoms with E-state index in [1.54, 1.807) is 0 Å². The zero-order valence-corrected chi connectivity index (χ0v) is 13.3. The number of halogens is 13. The minimum atomic E-state index is -7.89. The predicted octanol–water partition coefficient (Wildman–Crippen LogP) is 4.68. The van der Waals surface area contributed by atoms with Gasteiger partial charge in [-0.15, -0.1) is 0 Å². The van der Waals surface area contributed by atoms with E-state index in [1.807, 2.05) is 0 Å². The first-order valence-electron chi connectivity index (χ1n) is 5.98. The molecule has 0 amide bonds. The van der Waals surface area contributed by atoms with Crippen LogP contribution in [-0.4, -0.2) is 45.9 Å². The molecule has 0 aromatic heterocycles. The number of hydrogen-bond donors (Lipinski definition) is 0. The molecule has 1 aromatic carbocycles. The fraction of sp³-hybridized carbons (Fsp3) is 0.500. The van der Waals surface area contributed by atoms with Crippen LogP contribution in [0.2, 0.25) is 0 Å². The number of hydrogen-bond acceptors (Lipinski definition) is 0. The first kappa shape index (κ1) is 22.9. The molecule has 0 unspecified atom stereocenters. The number of alkyl halides is 13. The molecule has 0 aliphatic carbocycles. The van der Waals surface area contributed by atoms with Crippen LogP contribution in [0.5, 0.6) is 0 Å². The molecule has 26 heavy (non-hydrogen) atoms. The van der Waals surface area contributed by atoms with Crippen molar-refractivity contribution < 1.29 is 57.1 Å². The van der Waals surface area contributed by atoms with Crippen molar-refractivity contribution in [2.45, 2.75) is 35.8 Å². The number of rotatable bonds is 5. The van der Waals surface area contributed by atoms with Crippen molar-refractivity contribution >= 4 is 20.5 Å². The zero-order valence-electron chi connectivity index (χ0n) is 11.6. The molecule has 1 radical (unpaired) electrons. The summed E-state index contributed by atoms with van der Waals surface area (Å²) in [6.45, 7) is 0. The summed E-state index contributed by atoms with van der Waals surface area (Å²) in [5.74, 6) is -36.9. The van der Waals surface area contributed by atoms with Crippen LogP contribution in [0.1, 0.15) is 5.56 Å². The monoisotopic (exact) mass is 475 g/mol. The van der Waals surface area contributed by atoms with Crippen LogP contribution in [0.4, 0.5) is 57.1 Å². The molecule has 0 N–H and O–H groups in total. The molecule has 149 valence electrons. The van der Waals surface area contributed by atoms with Gasteiger partial charge in [-0.3, -0.25) is 0 Å². The third kappa shape index (κ3) is 3.04. The van der Waals surface area contributed by atoms with E-state index in [0.717, 1.165) is 0 Å². The zero-order chi connectivity index (χ0) is 21.0. The van der Waals surface area contributed by atoms with Gasteiger partial charge in [-0.2, -0.15) is 0 Å². The van der Waals surface area contributed by atoms with E-state index >= 15 is 0 Å². The van der Waals surface area contributed by atoms with Crippen LogP contribution in [0.15, 0.2) is 24.3 Å². The summed E-state index contributed by atoms with van der Waals surface area (Å²) in [5, 5.41) is 0. The van der Waals surface area contributed by atoms with E-state index < -0.39 is 41.4 Å². The molecular weight excluding hydrogens is 470 g/mol. The van der Waals surface area contributed by atoms with Crippen LogP contribution in [0, 0.1) is 0 Å². The summed E-state index contributed by atoms with van der Waals surface area (Å²) < 4.78 is 168. The van der Waals surface area contributed by atoms with Crippen LogP contribution in [0.25, 0.3) is 0 Å². The van der Waals surface area contributed by atoms with Crippen molar-refractivity contribution in [1.29, 1.82) is 0 Å². The van der Waals surface area contributed by atoms with Crippen molar-refractivity contribution in [1.82, 2.24) is 0 Å². The Balaban J connectivity index is 3.55. The van der Waals surface area contributed by atoms with Gasteiger partial charge < -0.3 is 0 Å². The van der Waals surface area contributed by atoms with Gasteiger partial charge in [0, 0.05) is 0 Å². The Bertz CT molecular complexity index is 644. The van der Waals surface area contributed by atoms with Crippen molar-refractivity contribution in [2.24, 2.45) is 0 Å². The Labute approximate surface area is 144 Å². The van der Waals surface area contributed by atoms with Gasteiger partial charge in [-0.1, -0.05) is 0 Å². The second kappa shape index (κ2) is 6.18. The number of benzene rings is 1. The second-order valence-corrected chi connectivity index (χ2v) is 5.88. The van der Waals surface area contributed by atoms with E-state index in [2.05, 4.69) is 16.0 Å². The van der Waals surface area contributed by atoms with Gasteiger partial charge in [-0.05, 0) is 0 Å². The average Bonchev–Trinajstić information content (AvgIpc) is 2.45. The molecule has 0 bridgehead atoms. The Morgan fingerprint density at radius 2 is 0.846 bits per heavy atom. The van der Waals surface area contributed by atoms with Crippen molar-refractivity contribution in [3.8, 4) is 0 Å². The molecule has 14 heteroatoms. The van der Waals surface area contributed by atoms with Gasteiger partial charge in [-0.25, -0.2) is 0 Å². The van der Waals surface area contributed by atoms with Crippen molar-refractivity contribution in [3.05, 3.63) is 29.8 Å². The summed E-state index contributed by atoms with van der Waals surface area (Å²) >= 11 is 2.19. The molecule has 0 saturated heterocycles. The first-order valence-corrected chi connectivity index (χ1v) is 6.84. The van der Waals surface area contributed by atoms with E-state index in [0.29, 0.717) is 12.1 Å². The first-order chi connectivity index (χ1) is 11.2. The van der Waals surface area contributed by atoms with Crippen LogP contribution in [-0.2, 0) is 5.92 Å². The fourth-order valence-corrected chi connectivity index (χ4v) is 1.90. The second-order valence-electron chi connectivity index (χ2n) is 4.89. The normalized spacial score (nSPS) is 15.3. The average molecular weight is 474 g/mol. The summed E-state index contributed by atoms with van der Waals surface area (Å²) in [6, 6.07) is 1.41. The Hall–Kier alpha value is -1.17. The van der Waals surface area contributed by atoms with Crippen molar-refractivity contribution in [3.63, 3.8) is 0 Å². The topological polar surface area (TPSA) is 0 Å². The Morgan fingerprint density at radius 1 is 0.500 bits per heavy atom. The molecule has 0 nitrogen and oxygen atoms in total. The molecule has 0 aliphatic rings. The van der Waals surface area contributed by atoms with Crippen LogP contribution >= 0.6 is 0 Å². The molecule has 0 saturated carbocycles. The third-order valence-electron chi connectivity index (χ3n) is 3.15. The summed E-state index contributed by atoms with van der Waals surface area (Å²) in [6.07, 6.45) is -7.41. The quantitative estimate of drug-likeness (QED) is 0.430. The van der Waals surface area contributed by atoms with Gasteiger partial charge in [0.15, 0.2) is 0 Å². The van der Waals surface area contributed by atoms with Crippen LogP contribution < -0.4 is 4.46 Å². The van der Waals surface area contributed by atoms with Crippen LogP contribution in [0.3, 0.4) is 0 Å². The third-order valence-corrected chi connectivity index (χ3v) is 3.72. The molecular formula is C12H4F13Se. The van der Waals surface area contributed by atoms with E-state index in [-0.39, 0.29) is 16.6 Å². The van der Waals surface area contributed by atoms with Gasteiger partial charge >= 0.3 is 143 Å². The van der Waals surface area contributed by atoms with E-state index in [9.17, 15) is 57.1 Å². The molecule has 0 heterocycles. The van der Waals surface area contributed by atoms with Gasteiger partial charge in [0.05, 0.1) is 0 Å². The molecule has 1 aromatic rings. The molecule has 0 fully saturated rings. The Morgan fingerprint density at radius 3 is 1.19 bits per heavy atom. The molecule has 1 rings (SSSR count). The summed E-state index contributed by atoms with van der Waals surface area (Å²) in [7, 11) is 0. The van der Waals surface area contributed by atoms with Gasteiger partial charge in [0.25, 0.3) is 0 Å². The fourth-order valence-electron chi connectivity index (χ4n) is 1.62. The van der Waals surface area contributed by atoms with Gasteiger partial charge in [0.1, 0.15) is 0 Å². The maximum absolute atomic E-state index is 13.7. The summed E-state index contributed by atoms with van der Waals surface area (Å²) in [5.41, 5.74) is -2.01. The summed E-state index contributed by atoms with van der Waals surface area (Å²) in [4.78, 5) is 0. The van der Waals surface area contributed by atoms with Crippen molar-refractivity contribution in [2.75, 3.05) is 0 Å². The van der Waals surface area contributed by atoms with Gasteiger partial charge in [0.2, 0.25) is 0 Å². The molecule has 0 atom stereocenters. The van der Waals surface area contributed by atoms with E-state index in [4.69, 9.17) is 0 Å². The standard InChI is InChI=1S/C12H4F13Se/c13-7(14,5-1-3-6(26)4-2-5)8(15,16)9(17,18)10(19,20)11(21,22)12(23,24)25/h1-4H. The predicted molar refractivity (Wildman–Crippen MR) is 61.6 cm³/mol. The molecule has 0 spiro atoms. The Kier molecular flexibility index (Phi) is 5.44. The SMILES string of the molecule is FC(F)(F)C(F)(F)C(F)(F)C(F)(F)C(F)(F)C(F)(F)c1ccc([Se])cc1. The minimum absolute atomic E-state index is 0.0218.